The highest BCUT2D eigenvalue weighted by Crippen LogP contribution is 2.41. The summed E-state index contributed by atoms with van der Waals surface area (Å²) in [5.74, 6) is 1.04. The number of fused-ring (bicyclic) bond motifs is 1. The number of benzene rings is 3. The number of aromatic nitrogens is 2. The zero-order chi connectivity index (χ0) is 20.1. The van der Waals surface area contributed by atoms with Gasteiger partial charge in [-0.2, -0.15) is 0 Å². The maximum atomic E-state index is 6.26. The van der Waals surface area contributed by atoms with E-state index in [1.807, 2.05) is 30.0 Å². The first-order valence-corrected chi connectivity index (χ1v) is 10.9. The average molecular weight is 423 g/mol. The largest absolute Gasteiger partial charge is 0.385 e. The molecule has 4 aromatic rings. The Bertz CT molecular complexity index is 1070. The van der Waals surface area contributed by atoms with Gasteiger partial charge >= 0.3 is 0 Å². The molecule has 0 amide bonds. The summed E-state index contributed by atoms with van der Waals surface area (Å²) in [6.07, 6.45) is 0.926. The van der Waals surface area contributed by atoms with E-state index in [4.69, 9.17) is 21.3 Å². The molecule has 4 rings (SSSR count). The lowest BCUT2D eigenvalue weighted by Gasteiger charge is -2.19. The third-order valence-corrected chi connectivity index (χ3v) is 6.30. The van der Waals surface area contributed by atoms with Crippen LogP contribution in [0.1, 0.15) is 23.1 Å². The first kappa shape index (κ1) is 20.0. The third kappa shape index (κ3) is 4.67. The van der Waals surface area contributed by atoms with E-state index in [1.54, 1.807) is 7.11 Å². The van der Waals surface area contributed by atoms with Crippen LogP contribution in [0, 0.1) is 0 Å². The second kappa shape index (κ2) is 9.49. The Morgan fingerprint density at radius 3 is 2.45 bits per heavy atom. The number of thioether (sulfide) groups is 1. The molecular formula is C24H23ClN2OS. The van der Waals surface area contributed by atoms with Gasteiger partial charge in [0.25, 0.3) is 0 Å². The second-order valence-electron chi connectivity index (χ2n) is 6.82. The van der Waals surface area contributed by atoms with E-state index < -0.39 is 0 Å². The monoisotopic (exact) mass is 422 g/mol. The van der Waals surface area contributed by atoms with Crippen molar-refractivity contribution in [2.24, 2.45) is 0 Å². The van der Waals surface area contributed by atoms with Gasteiger partial charge in [-0.1, -0.05) is 60.1 Å². The second-order valence-corrected chi connectivity index (χ2v) is 8.44. The highest BCUT2D eigenvalue weighted by molar-refractivity contribution is 7.99. The summed E-state index contributed by atoms with van der Waals surface area (Å²) in [6.45, 7) is 1.56. The van der Waals surface area contributed by atoms with Gasteiger partial charge in [-0.15, -0.1) is 11.8 Å². The lowest BCUT2D eigenvalue weighted by molar-refractivity contribution is 0.190. The van der Waals surface area contributed by atoms with Crippen LogP contribution in [0.4, 0.5) is 0 Å². The number of aryl methyl sites for hydroxylation is 1. The van der Waals surface area contributed by atoms with Gasteiger partial charge < -0.3 is 9.30 Å². The maximum absolute atomic E-state index is 6.26. The van der Waals surface area contributed by atoms with Crippen LogP contribution >= 0.6 is 23.4 Å². The van der Waals surface area contributed by atoms with Gasteiger partial charge in [-0.05, 0) is 42.3 Å². The molecule has 1 heterocycles. The Morgan fingerprint density at radius 2 is 1.72 bits per heavy atom. The van der Waals surface area contributed by atoms with Crippen molar-refractivity contribution in [1.29, 1.82) is 0 Å². The van der Waals surface area contributed by atoms with Crippen molar-refractivity contribution in [3.8, 4) is 0 Å². The molecule has 0 radical (unpaired) electrons. The fourth-order valence-corrected chi connectivity index (χ4v) is 4.79. The fourth-order valence-electron chi connectivity index (χ4n) is 3.46. The number of rotatable bonds is 8. The molecule has 0 aliphatic heterocycles. The number of methoxy groups -OCH3 is 1. The quantitative estimate of drug-likeness (QED) is 0.236. The van der Waals surface area contributed by atoms with E-state index in [0.29, 0.717) is 11.6 Å². The van der Waals surface area contributed by atoms with Crippen molar-refractivity contribution in [2.45, 2.75) is 23.1 Å². The highest BCUT2D eigenvalue weighted by atomic mass is 35.5. The van der Waals surface area contributed by atoms with Crippen molar-refractivity contribution in [2.75, 3.05) is 13.7 Å². The van der Waals surface area contributed by atoms with Crippen molar-refractivity contribution in [1.82, 2.24) is 9.55 Å². The van der Waals surface area contributed by atoms with Crippen LogP contribution in [0.5, 0.6) is 0 Å². The van der Waals surface area contributed by atoms with E-state index in [2.05, 4.69) is 65.2 Å². The molecule has 3 nitrogen and oxygen atoms in total. The third-order valence-electron chi connectivity index (χ3n) is 4.80. The standard InChI is InChI=1S/C24H23ClN2OS/c1-28-16-8-15-27-22-14-13-19(25)17-21(22)26-24(27)23(18-9-4-2-5-10-18)29-20-11-6-3-7-12-20/h2-7,9-14,17,23H,8,15-16H2,1H3. The van der Waals surface area contributed by atoms with Crippen molar-refractivity contribution in [3.05, 3.63) is 95.3 Å². The van der Waals surface area contributed by atoms with Crippen molar-refractivity contribution >= 4 is 34.4 Å². The highest BCUT2D eigenvalue weighted by Gasteiger charge is 2.23. The van der Waals surface area contributed by atoms with E-state index in [-0.39, 0.29) is 5.25 Å². The Morgan fingerprint density at radius 1 is 1.00 bits per heavy atom. The molecule has 0 spiro atoms. The van der Waals surface area contributed by atoms with Gasteiger partial charge in [0, 0.05) is 30.2 Å². The molecule has 0 saturated carbocycles. The molecule has 3 aromatic carbocycles. The van der Waals surface area contributed by atoms with Gasteiger partial charge in [0.15, 0.2) is 0 Å². The Kier molecular flexibility index (Phi) is 6.55. The zero-order valence-electron chi connectivity index (χ0n) is 16.3. The van der Waals surface area contributed by atoms with Crippen LogP contribution in [0.15, 0.2) is 83.8 Å². The molecule has 0 N–H and O–H groups in total. The van der Waals surface area contributed by atoms with Gasteiger partial charge in [-0.25, -0.2) is 4.98 Å². The molecule has 5 heteroatoms. The van der Waals surface area contributed by atoms with Gasteiger partial charge in [0.2, 0.25) is 0 Å². The molecule has 1 aromatic heterocycles. The maximum Gasteiger partial charge on any atom is 0.127 e. The number of hydrogen-bond acceptors (Lipinski definition) is 3. The number of ether oxygens (including phenoxy) is 1. The smallest absolute Gasteiger partial charge is 0.127 e. The first-order valence-electron chi connectivity index (χ1n) is 9.67. The predicted molar refractivity (Wildman–Crippen MR) is 122 cm³/mol. The average Bonchev–Trinajstić information content (AvgIpc) is 3.11. The molecule has 29 heavy (non-hydrogen) atoms. The van der Waals surface area contributed by atoms with Gasteiger partial charge in [0.1, 0.15) is 5.82 Å². The minimum atomic E-state index is 0.0762. The summed E-state index contributed by atoms with van der Waals surface area (Å²) in [7, 11) is 1.74. The molecule has 148 valence electrons. The van der Waals surface area contributed by atoms with Crippen LogP contribution in [-0.4, -0.2) is 23.3 Å². The number of nitrogens with zero attached hydrogens (tertiary/aromatic N) is 2. The molecule has 0 aliphatic rings. The summed E-state index contributed by atoms with van der Waals surface area (Å²) < 4.78 is 7.61. The summed E-state index contributed by atoms with van der Waals surface area (Å²) in [6, 6.07) is 27.0. The summed E-state index contributed by atoms with van der Waals surface area (Å²) in [5, 5.41) is 0.782. The zero-order valence-corrected chi connectivity index (χ0v) is 17.9. The summed E-state index contributed by atoms with van der Waals surface area (Å²) in [4.78, 5) is 6.26. The SMILES string of the molecule is COCCCn1c(C(Sc2ccccc2)c2ccccc2)nc2cc(Cl)ccc21. The minimum absolute atomic E-state index is 0.0762. The molecule has 0 saturated heterocycles. The van der Waals surface area contributed by atoms with E-state index >= 15 is 0 Å². The first-order chi connectivity index (χ1) is 14.3. The Hall–Kier alpha value is -2.27. The molecule has 0 aliphatic carbocycles. The molecule has 0 bridgehead atoms. The normalized spacial score (nSPS) is 12.3. The van der Waals surface area contributed by atoms with Crippen LogP contribution < -0.4 is 0 Å². The number of halogens is 1. The van der Waals surface area contributed by atoms with Crippen molar-refractivity contribution < 1.29 is 4.74 Å². The van der Waals surface area contributed by atoms with Crippen molar-refractivity contribution in [3.63, 3.8) is 0 Å². The molecule has 0 fully saturated rings. The van der Waals surface area contributed by atoms with Gasteiger partial charge in [0.05, 0.1) is 16.3 Å². The number of imidazole rings is 1. The van der Waals surface area contributed by atoms with E-state index in [1.165, 1.54) is 10.5 Å². The van der Waals surface area contributed by atoms with E-state index in [0.717, 1.165) is 29.8 Å². The van der Waals surface area contributed by atoms with Crippen LogP contribution in [0.2, 0.25) is 5.02 Å². The van der Waals surface area contributed by atoms with Crippen LogP contribution in [-0.2, 0) is 11.3 Å². The predicted octanol–water partition coefficient (Wildman–Crippen LogP) is 6.61. The Balaban J connectivity index is 1.83. The fraction of sp³-hybridized carbons (Fsp3) is 0.208. The lowest BCUT2D eigenvalue weighted by atomic mass is 10.1. The van der Waals surface area contributed by atoms with E-state index in [9.17, 15) is 0 Å². The van der Waals surface area contributed by atoms with Crippen LogP contribution in [0.3, 0.4) is 0 Å². The Labute approximate surface area is 180 Å². The molecular weight excluding hydrogens is 400 g/mol. The summed E-state index contributed by atoms with van der Waals surface area (Å²) >= 11 is 8.08. The minimum Gasteiger partial charge on any atom is -0.385 e. The lowest BCUT2D eigenvalue weighted by Crippen LogP contribution is -2.10. The molecule has 1 atom stereocenters. The van der Waals surface area contributed by atoms with Crippen LogP contribution in [0.25, 0.3) is 11.0 Å². The number of hydrogen-bond donors (Lipinski definition) is 0. The summed E-state index contributed by atoms with van der Waals surface area (Å²) in [5.41, 5.74) is 3.27. The van der Waals surface area contributed by atoms with Gasteiger partial charge in [-0.3, -0.25) is 0 Å². The molecule has 1 unspecified atom stereocenters. The topological polar surface area (TPSA) is 27.1 Å².